The van der Waals surface area contributed by atoms with Crippen molar-refractivity contribution in [3.63, 3.8) is 0 Å². The van der Waals surface area contributed by atoms with Gasteiger partial charge >= 0.3 is 0 Å². The average Bonchev–Trinajstić information content (AvgIpc) is 2.47. The van der Waals surface area contributed by atoms with Crippen LogP contribution < -0.4 is 0 Å². The van der Waals surface area contributed by atoms with E-state index >= 15 is 0 Å². The molecule has 21 heavy (non-hydrogen) atoms. The summed E-state index contributed by atoms with van der Waals surface area (Å²) in [6.45, 7) is 12.4. The van der Waals surface area contributed by atoms with Crippen molar-refractivity contribution in [2.24, 2.45) is 0 Å². The summed E-state index contributed by atoms with van der Waals surface area (Å²) in [6, 6.07) is 2.74. The van der Waals surface area contributed by atoms with Gasteiger partial charge in [0.05, 0.1) is 5.69 Å². The van der Waals surface area contributed by atoms with Gasteiger partial charge in [0.25, 0.3) is 0 Å². The molecule has 2 fully saturated rings. The zero-order chi connectivity index (χ0) is 14.8. The summed E-state index contributed by atoms with van der Waals surface area (Å²) in [4.78, 5) is 16.7. The largest absolute Gasteiger partial charge is 0.303 e. The molecule has 1 atom stereocenters. The van der Waals surface area contributed by atoms with E-state index < -0.39 is 0 Å². The smallest absolute Gasteiger partial charge is 0.131 e. The zero-order valence-electron chi connectivity index (χ0n) is 13.5. The standard InChI is InChI=1S/C16H27N5/c1-13(2)16-17-5-4-14(18-16)10-20-7-9-21-8-6-19(3)11-15(21)12-20/h4-5,13,15H,6-12H2,1-3H3. The first-order valence-electron chi connectivity index (χ1n) is 8.08. The molecule has 3 heterocycles. The van der Waals surface area contributed by atoms with Gasteiger partial charge in [-0.2, -0.15) is 0 Å². The minimum absolute atomic E-state index is 0.397. The van der Waals surface area contributed by atoms with Gasteiger partial charge in [-0.1, -0.05) is 13.8 Å². The zero-order valence-corrected chi connectivity index (χ0v) is 13.5. The lowest BCUT2D eigenvalue weighted by Gasteiger charge is -2.46. The molecule has 116 valence electrons. The van der Waals surface area contributed by atoms with E-state index in [1.165, 1.54) is 26.2 Å². The van der Waals surface area contributed by atoms with Crippen molar-refractivity contribution in [1.82, 2.24) is 24.7 Å². The number of hydrogen-bond donors (Lipinski definition) is 0. The average molecular weight is 289 g/mol. The molecule has 0 bridgehead atoms. The van der Waals surface area contributed by atoms with E-state index in [0.717, 1.165) is 31.2 Å². The first-order valence-corrected chi connectivity index (χ1v) is 8.08. The van der Waals surface area contributed by atoms with Gasteiger partial charge in [-0.15, -0.1) is 0 Å². The van der Waals surface area contributed by atoms with Crippen molar-refractivity contribution in [3.8, 4) is 0 Å². The molecule has 1 aromatic rings. The Kier molecular flexibility index (Phi) is 4.52. The molecular weight excluding hydrogens is 262 g/mol. The Morgan fingerprint density at radius 2 is 2.00 bits per heavy atom. The molecule has 1 aromatic heterocycles. The third-order valence-corrected chi connectivity index (χ3v) is 4.61. The Morgan fingerprint density at radius 1 is 1.19 bits per heavy atom. The van der Waals surface area contributed by atoms with E-state index in [9.17, 15) is 0 Å². The summed E-state index contributed by atoms with van der Waals surface area (Å²) in [5.74, 6) is 1.36. The Bertz CT molecular complexity index is 475. The van der Waals surface area contributed by atoms with Gasteiger partial charge in [0, 0.05) is 64.0 Å². The normalized spacial score (nSPS) is 25.2. The second kappa shape index (κ2) is 6.38. The van der Waals surface area contributed by atoms with Crippen LogP contribution in [0.4, 0.5) is 0 Å². The first kappa shape index (κ1) is 14.9. The number of piperazine rings is 2. The van der Waals surface area contributed by atoms with Crippen LogP contribution >= 0.6 is 0 Å². The summed E-state index contributed by atoms with van der Waals surface area (Å²) >= 11 is 0. The Morgan fingerprint density at radius 3 is 2.81 bits per heavy atom. The molecule has 0 saturated carbocycles. The van der Waals surface area contributed by atoms with E-state index in [1.54, 1.807) is 0 Å². The molecular formula is C16H27N5. The minimum atomic E-state index is 0.397. The fourth-order valence-electron chi connectivity index (χ4n) is 3.33. The number of rotatable bonds is 3. The van der Waals surface area contributed by atoms with Crippen molar-refractivity contribution in [1.29, 1.82) is 0 Å². The quantitative estimate of drug-likeness (QED) is 0.830. The maximum absolute atomic E-state index is 4.71. The van der Waals surface area contributed by atoms with Gasteiger partial charge in [0.2, 0.25) is 0 Å². The van der Waals surface area contributed by atoms with Crippen LogP contribution in [0.1, 0.15) is 31.3 Å². The molecule has 0 amide bonds. The Hall–Kier alpha value is -1.04. The highest BCUT2D eigenvalue weighted by Gasteiger charge is 2.30. The van der Waals surface area contributed by atoms with Gasteiger partial charge in [-0.3, -0.25) is 9.80 Å². The minimum Gasteiger partial charge on any atom is -0.303 e. The van der Waals surface area contributed by atoms with E-state index in [1.807, 2.05) is 6.20 Å². The fourth-order valence-corrected chi connectivity index (χ4v) is 3.33. The van der Waals surface area contributed by atoms with Crippen molar-refractivity contribution in [2.75, 3.05) is 46.3 Å². The third kappa shape index (κ3) is 3.59. The SMILES string of the molecule is CC(C)c1nccc(CN2CCN3CCN(C)CC3C2)n1. The van der Waals surface area contributed by atoms with Crippen LogP contribution in [0.2, 0.25) is 0 Å². The maximum atomic E-state index is 4.71. The maximum Gasteiger partial charge on any atom is 0.131 e. The number of likely N-dealkylation sites (N-methyl/N-ethyl adjacent to an activating group) is 1. The van der Waals surface area contributed by atoms with Crippen LogP contribution in [0.3, 0.4) is 0 Å². The molecule has 0 N–H and O–H groups in total. The molecule has 2 saturated heterocycles. The van der Waals surface area contributed by atoms with Gasteiger partial charge in [0.15, 0.2) is 0 Å². The van der Waals surface area contributed by atoms with Gasteiger partial charge in [-0.25, -0.2) is 9.97 Å². The number of hydrogen-bond acceptors (Lipinski definition) is 5. The summed E-state index contributed by atoms with van der Waals surface area (Å²) in [5.41, 5.74) is 1.16. The van der Waals surface area contributed by atoms with E-state index in [-0.39, 0.29) is 0 Å². The lowest BCUT2D eigenvalue weighted by Crippen LogP contribution is -2.61. The van der Waals surface area contributed by atoms with Crippen LogP contribution in [-0.4, -0.2) is 77.0 Å². The van der Waals surface area contributed by atoms with E-state index in [0.29, 0.717) is 12.0 Å². The highest BCUT2D eigenvalue weighted by Crippen LogP contribution is 2.17. The molecule has 0 spiro atoms. The van der Waals surface area contributed by atoms with Crippen LogP contribution in [-0.2, 0) is 6.54 Å². The van der Waals surface area contributed by atoms with Crippen molar-refractivity contribution in [3.05, 3.63) is 23.8 Å². The van der Waals surface area contributed by atoms with Crippen LogP contribution in [0, 0.1) is 0 Å². The topological polar surface area (TPSA) is 35.5 Å². The monoisotopic (exact) mass is 289 g/mol. The number of fused-ring (bicyclic) bond motifs is 1. The molecule has 3 rings (SSSR count). The molecule has 2 aliphatic heterocycles. The molecule has 0 radical (unpaired) electrons. The van der Waals surface area contributed by atoms with E-state index in [2.05, 4.69) is 46.6 Å². The summed E-state index contributed by atoms with van der Waals surface area (Å²) < 4.78 is 0. The third-order valence-electron chi connectivity index (χ3n) is 4.61. The highest BCUT2D eigenvalue weighted by atomic mass is 15.3. The highest BCUT2D eigenvalue weighted by molar-refractivity contribution is 5.05. The molecule has 0 aliphatic carbocycles. The molecule has 0 aromatic carbocycles. The molecule has 1 unspecified atom stereocenters. The molecule has 5 heteroatoms. The molecule has 5 nitrogen and oxygen atoms in total. The van der Waals surface area contributed by atoms with Crippen molar-refractivity contribution >= 4 is 0 Å². The van der Waals surface area contributed by atoms with Crippen molar-refractivity contribution in [2.45, 2.75) is 32.4 Å². The second-order valence-electron chi connectivity index (χ2n) is 6.75. The van der Waals surface area contributed by atoms with Gasteiger partial charge < -0.3 is 4.90 Å². The number of nitrogens with zero attached hydrogens (tertiary/aromatic N) is 5. The summed E-state index contributed by atoms with van der Waals surface area (Å²) in [6.07, 6.45) is 1.91. The van der Waals surface area contributed by atoms with Gasteiger partial charge in [-0.05, 0) is 13.1 Å². The van der Waals surface area contributed by atoms with Crippen LogP contribution in [0.15, 0.2) is 12.3 Å². The lowest BCUT2D eigenvalue weighted by molar-refractivity contribution is 0.0171. The Labute approximate surface area is 128 Å². The second-order valence-corrected chi connectivity index (χ2v) is 6.75. The summed E-state index contributed by atoms with van der Waals surface area (Å²) in [7, 11) is 2.23. The summed E-state index contributed by atoms with van der Waals surface area (Å²) in [5, 5.41) is 0. The predicted molar refractivity (Wildman–Crippen MR) is 84.3 cm³/mol. The lowest BCUT2D eigenvalue weighted by atomic mass is 10.1. The van der Waals surface area contributed by atoms with Gasteiger partial charge in [0.1, 0.15) is 5.82 Å². The van der Waals surface area contributed by atoms with E-state index in [4.69, 9.17) is 4.98 Å². The van der Waals surface area contributed by atoms with Crippen LogP contribution in [0.5, 0.6) is 0 Å². The van der Waals surface area contributed by atoms with Crippen molar-refractivity contribution < 1.29 is 0 Å². The first-order chi connectivity index (χ1) is 10.1. The number of aromatic nitrogens is 2. The van der Waals surface area contributed by atoms with Crippen LogP contribution in [0.25, 0.3) is 0 Å². The Balaban J connectivity index is 1.62. The fraction of sp³-hybridized carbons (Fsp3) is 0.750. The predicted octanol–water partition coefficient (Wildman–Crippen LogP) is 1.03. The molecule has 2 aliphatic rings.